The standard InChI is InChI=1S/C17H31N3O/c1-7-15-11-14(13-18-17(3,4)5)12-16(19-15)20(6)9-10-21-8-2/h11-12,18H,7-10,13H2,1-6H3. The van der Waals surface area contributed by atoms with Crippen LogP contribution < -0.4 is 10.2 Å². The number of hydrogen-bond acceptors (Lipinski definition) is 4. The number of aryl methyl sites for hydroxylation is 1. The first-order chi connectivity index (χ1) is 9.85. The predicted molar refractivity (Wildman–Crippen MR) is 90.0 cm³/mol. The molecule has 0 fully saturated rings. The number of pyridine rings is 1. The third kappa shape index (κ3) is 6.91. The highest BCUT2D eigenvalue weighted by Crippen LogP contribution is 2.15. The van der Waals surface area contributed by atoms with Gasteiger partial charge in [0.25, 0.3) is 0 Å². The van der Waals surface area contributed by atoms with Crippen LogP contribution in [-0.4, -0.2) is 37.3 Å². The Morgan fingerprint density at radius 1 is 1.24 bits per heavy atom. The molecule has 0 amide bonds. The number of likely N-dealkylation sites (N-methyl/N-ethyl adjacent to an activating group) is 1. The van der Waals surface area contributed by atoms with Crippen molar-refractivity contribution in [3.63, 3.8) is 0 Å². The van der Waals surface area contributed by atoms with Gasteiger partial charge in [-0.1, -0.05) is 6.92 Å². The molecule has 0 aliphatic carbocycles. The summed E-state index contributed by atoms with van der Waals surface area (Å²) in [5, 5.41) is 3.54. The van der Waals surface area contributed by atoms with E-state index >= 15 is 0 Å². The summed E-state index contributed by atoms with van der Waals surface area (Å²) >= 11 is 0. The van der Waals surface area contributed by atoms with Gasteiger partial charge in [0, 0.05) is 38.0 Å². The van der Waals surface area contributed by atoms with Crippen molar-refractivity contribution < 1.29 is 4.74 Å². The lowest BCUT2D eigenvalue weighted by Gasteiger charge is -2.23. The van der Waals surface area contributed by atoms with Crippen LogP contribution in [0.1, 0.15) is 45.9 Å². The van der Waals surface area contributed by atoms with Crippen LogP contribution in [0.2, 0.25) is 0 Å². The van der Waals surface area contributed by atoms with Crippen molar-refractivity contribution in [2.45, 2.75) is 53.1 Å². The summed E-state index contributed by atoms with van der Waals surface area (Å²) in [5.41, 5.74) is 2.55. The Kier molecular flexibility index (Phi) is 7.12. The minimum Gasteiger partial charge on any atom is -0.380 e. The fourth-order valence-electron chi connectivity index (χ4n) is 1.94. The number of ether oxygens (including phenoxy) is 1. The highest BCUT2D eigenvalue weighted by Gasteiger charge is 2.11. The monoisotopic (exact) mass is 293 g/mol. The molecule has 1 rings (SSSR count). The van der Waals surface area contributed by atoms with Crippen molar-refractivity contribution in [2.24, 2.45) is 0 Å². The van der Waals surface area contributed by atoms with Gasteiger partial charge < -0.3 is 15.0 Å². The Bertz CT molecular complexity index is 427. The van der Waals surface area contributed by atoms with Gasteiger partial charge in [0.15, 0.2) is 0 Å². The summed E-state index contributed by atoms with van der Waals surface area (Å²) in [6, 6.07) is 4.36. The topological polar surface area (TPSA) is 37.4 Å². The van der Waals surface area contributed by atoms with Gasteiger partial charge >= 0.3 is 0 Å². The average molecular weight is 293 g/mol. The molecule has 21 heavy (non-hydrogen) atoms. The van der Waals surface area contributed by atoms with E-state index in [9.17, 15) is 0 Å². The summed E-state index contributed by atoms with van der Waals surface area (Å²) in [4.78, 5) is 6.88. The largest absolute Gasteiger partial charge is 0.380 e. The fraction of sp³-hybridized carbons (Fsp3) is 0.706. The molecule has 4 heteroatoms. The second-order valence-electron chi connectivity index (χ2n) is 6.40. The summed E-state index contributed by atoms with van der Waals surface area (Å²) < 4.78 is 5.42. The molecule has 120 valence electrons. The van der Waals surface area contributed by atoms with E-state index in [0.29, 0.717) is 0 Å². The van der Waals surface area contributed by atoms with Crippen LogP contribution in [0.25, 0.3) is 0 Å². The summed E-state index contributed by atoms with van der Waals surface area (Å²) in [5.74, 6) is 1.03. The van der Waals surface area contributed by atoms with Crippen LogP contribution in [0.4, 0.5) is 5.82 Å². The lowest BCUT2D eigenvalue weighted by molar-refractivity contribution is 0.154. The molecule has 0 unspecified atom stereocenters. The maximum Gasteiger partial charge on any atom is 0.128 e. The van der Waals surface area contributed by atoms with Gasteiger partial charge in [-0.3, -0.25) is 0 Å². The van der Waals surface area contributed by atoms with Crippen molar-refractivity contribution in [1.82, 2.24) is 10.3 Å². The van der Waals surface area contributed by atoms with Crippen LogP contribution in [0, 0.1) is 0 Å². The zero-order chi connectivity index (χ0) is 15.9. The molecule has 0 bridgehead atoms. The first-order valence-corrected chi connectivity index (χ1v) is 7.89. The van der Waals surface area contributed by atoms with Crippen LogP contribution >= 0.6 is 0 Å². The Hall–Kier alpha value is -1.13. The molecule has 1 N–H and O–H groups in total. The van der Waals surface area contributed by atoms with Crippen molar-refractivity contribution in [2.75, 3.05) is 31.7 Å². The third-order valence-corrected chi connectivity index (χ3v) is 3.28. The van der Waals surface area contributed by atoms with E-state index in [1.54, 1.807) is 0 Å². The lowest BCUT2D eigenvalue weighted by Crippen LogP contribution is -2.35. The Morgan fingerprint density at radius 2 is 1.95 bits per heavy atom. The van der Waals surface area contributed by atoms with Crippen LogP contribution in [-0.2, 0) is 17.7 Å². The van der Waals surface area contributed by atoms with Crippen molar-refractivity contribution in [1.29, 1.82) is 0 Å². The second kappa shape index (κ2) is 8.35. The molecule has 4 nitrogen and oxygen atoms in total. The lowest BCUT2D eigenvalue weighted by atomic mass is 10.1. The van der Waals surface area contributed by atoms with Gasteiger partial charge in [0.05, 0.1) is 6.61 Å². The highest BCUT2D eigenvalue weighted by molar-refractivity contribution is 5.42. The highest BCUT2D eigenvalue weighted by atomic mass is 16.5. The van der Waals surface area contributed by atoms with E-state index in [2.05, 4.69) is 57.1 Å². The molecular weight excluding hydrogens is 262 g/mol. The third-order valence-electron chi connectivity index (χ3n) is 3.28. The van der Waals surface area contributed by atoms with Gasteiger partial charge in [-0.15, -0.1) is 0 Å². The molecule has 0 saturated carbocycles. The maximum atomic E-state index is 5.42. The van der Waals surface area contributed by atoms with E-state index in [1.807, 2.05) is 6.92 Å². The van der Waals surface area contributed by atoms with Gasteiger partial charge in [0.2, 0.25) is 0 Å². The Balaban J connectivity index is 2.79. The Labute approximate surface area is 129 Å². The second-order valence-corrected chi connectivity index (χ2v) is 6.40. The van der Waals surface area contributed by atoms with E-state index in [0.717, 1.165) is 44.2 Å². The normalized spacial score (nSPS) is 11.7. The molecule has 0 atom stereocenters. The van der Waals surface area contributed by atoms with Crippen molar-refractivity contribution in [3.05, 3.63) is 23.4 Å². The van der Waals surface area contributed by atoms with Gasteiger partial charge in [-0.25, -0.2) is 4.98 Å². The zero-order valence-corrected chi connectivity index (χ0v) is 14.5. The SMILES string of the molecule is CCOCCN(C)c1cc(CNC(C)(C)C)cc(CC)n1. The number of nitrogens with one attached hydrogen (secondary N) is 1. The van der Waals surface area contributed by atoms with Crippen molar-refractivity contribution in [3.8, 4) is 0 Å². The smallest absolute Gasteiger partial charge is 0.128 e. The minimum absolute atomic E-state index is 0.122. The van der Waals surface area contributed by atoms with Crippen LogP contribution in [0.3, 0.4) is 0 Å². The molecular formula is C17H31N3O. The number of rotatable bonds is 8. The molecule has 1 aromatic rings. The van der Waals surface area contributed by atoms with E-state index in [-0.39, 0.29) is 5.54 Å². The molecule has 1 aromatic heterocycles. The number of hydrogen-bond donors (Lipinski definition) is 1. The first-order valence-electron chi connectivity index (χ1n) is 7.89. The molecule has 0 saturated heterocycles. The minimum atomic E-state index is 0.122. The Morgan fingerprint density at radius 3 is 2.52 bits per heavy atom. The first kappa shape index (κ1) is 17.9. The molecule has 1 heterocycles. The molecule has 0 aliphatic rings. The van der Waals surface area contributed by atoms with Gasteiger partial charge in [-0.05, 0) is 51.8 Å². The number of nitrogens with zero attached hydrogens (tertiary/aromatic N) is 2. The van der Waals surface area contributed by atoms with E-state index in [4.69, 9.17) is 9.72 Å². The average Bonchev–Trinajstić information content (AvgIpc) is 2.44. The van der Waals surface area contributed by atoms with Gasteiger partial charge in [0.1, 0.15) is 5.82 Å². The predicted octanol–water partition coefficient (Wildman–Crippen LogP) is 3.00. The molecule has 0 spiro atoms. The van der Waals surface area contributed by atoms with Crippen LogP contribution in [0.5, 0.6) is 0 Å². The molecule has 0 aromatic carbocycles. The fourth-order valence-corrected chi connectivity index (χ4v) is 1.94. The van der Waals surface area contributed by atoms with Crippen molar-refractivity contribution >= 4 is 5.82 Å². The van der Waals surface area contributed by atoms with E-state index in [1.165, 1.54) is 5.56 Å². The maximum absolute atomic E-state index is 5.42. The van der Waals surface area contributed by atoms with Gasteiger partial charge in [-0.2, -0.15) is 0 Å². The summed E-state index contributed by atoms with van der Waals surface area (Å²) in [6.45, 7) is 13.9. The van der Waals surface area contributed by atoms with E-state index < -0.39 is 0 Å². The summed E-state index contributed by atoms with van der Waals surface area (Å²) in [7, 11) is 2.07. The quantitative estimate of drug-likeness (QED) is 0.748. The zero-order valence-electron chi connectivity index (χ0n) is 14.5. The molecule has 0 radical (unpaired) electrons. The number of anilines is 1. The molecule has 0 aliphatic heterocycles. The van der Waals surface area contributed by atoms with Crippen LogP contribution in [0.15, 0.2) is 12.1 Å². The summed E-state index contributed by atoms with van der Waals surface area (Å²) in [6.07, 6.45) is 0.954. The number of aromatic nitrogens is 1.